The number of hydrogen-bond donors (Lipinski definition) is 0. The first-order valence-corrected chi connectivity index (χ1v) is 15.1. The van der Waals surface area contributed by atoms with Gasteiger partial charge in [-0.3, -0.25) is 9.88 Å². The minimum Gasteiger partial charge on any atom is -0.497 e. The molecule has 0 saturated heterocycles. The molecule has 5 rings (SSSR count). The van der Waals surface area contributed by atoms with Crippen LogP contribution in [0, 0.1) is 0 Å². The van der Waals surface area contributed by atoms with Crippen molar-refractivity contribution in [2.24, 2.45) is 5.16 Å². The topological polar surface area (TPSA) is 65.4 Å². The van der Waals surface area contributed by atoms with E-state index in [0.29, 0.717) is 0 Å². The van der Waals surface area contributed by atoms with Gasteiger partial charge in [-0.25, -0.2) is 0 Å². The summed E-state index contributed by atoms with van der Waals surface area (Å²) in [6, 6.07) is 20.1. The minimum atomic E-state index is -0.328. The first-order valence-electron chi connectivity index (χ1n) is 15.1. The maximum atomic E-state index is 6.46. The number of benzene rings is 2. The van der Waals surface area contributed by atoms with E-state index in [-0.39, 0.29) is 24.9 Å². The first-order chi connectivity index (χ1) is 20.6. The lowest BCUT2D eigenvalue weighted by molar-refractivity contribution is -0.0878. The SMILES string of the molecule is CCc1cc2c(nc1CC)CCN(CCC(C)=NOCC1OC(c3ccccc3)C=CC1Oc1ccc(OC)cc1)C2. The second-order valence-electron chi connectivity index (χ2n) is 11.0. The van der Waals surface area contributed by atoms with Crippen molar-refractivity contribution in [3.05, 3.63) is 101 Å². The molecule has 0 radical (unpaired) electrons. The van der Waals surface area contributed by atoms with Gasteiger partial charge in [0.25, 0.3) is 0 Å². The Hall–Kier alpha value is -3.68. The van der Waals surface area contributed by atoms with Crippen LogP contribution in [0.25, 0.3) is 0 Å². The van der Waals surface area contributed by atoms with Crippen LogP contribution in [-0.4, -0.2) is 54.6 Å². The highest BCUT2D eigenvalue weighted by molar-refractivity contribution is 5.81. The molecule has 3 unspecified atom stereocenters. The summed E-state index contributed by atoms with van der Waals surface area (Å²) in [5.41, 5.74) is 7.35. The van der Waals surface area contributed by atoms with Crippen LogP contribution in [0.15, 0.2) is 78.0 Å². The number of fused-ring (bicyclic) bond motifs is 1. The molecule has 2 aromatic carbocycles. The molecule has 0 bridgehead atoms. The summed E-state index contributed by atoms with van der Waals surface area (Å²) in [5, 5.41) is 4.46. The number of nitrogens with zero attached hydrogens (tertiary/aromatic N) is 3. The number of oxime groups is 1. The molecule has 7 nitrogen and oxygen atoms in total. The van der Waals surface area contributed by atoms with Gasteiger partial charge in [0.2, 0.25) is 0 Å². The molecule has 1 aromatic heterocycles. The van der Waals surface area contributed by atoms with Gasteiger partial charge in [0.1, 0.15) is 36.4 Å². The quantitative estimate of drug-likeness (QED) is 0.141. The van der Waals surface area contributed by atoms with Crippen LogP contribution in [0.3, 0.4) is 0 Å². The second kappa shape index (κ2) is 14.5. The molecule has 2 aliphatic heterocycles. The summed E-state index contributed by atoms with van der Waals surface area (Å²) >= 11 is 0. The van der Waals surface area contributed by atoms with Crippen molar-refractivity contribution in [3.63, 3.8) is 0 Å². The number of hydrogen-bond acceptors (Lipinski definition) is 7. The number of aromatic nitrogens is 1. The van der Waals surface area contributed by atoms with Gasteiger partial charge in [0.15, 0.2) is 0 Å². The predicted octanol–water partition coefficient (Wildman–Crippen LogP) is 6.50. The number of aryl methyl sites for hydroxylation is 2. The fourth-order valence-electron chi connectivity index (χ4n) is 5.55. The second-order valence-corrected chi connectivity index (χ2v) is 11.0. The van der Waals surface area contributed by atoms with Crippen molar-refractivity contribution >= 4 is 5.71 Å². The largest absolute Gasteiger partial charge is 0.497 e. The van der Waals surface area contributed by atoms with Gasteiger partial charge < -0.3 is 19.0 Å². The standard InChI is InChI=1S/C35H43N3O4/c1-5-26-22-28-23-38(21-19-32(28)36-31(26)6-2)20-18-25(3)37-40-24-35-34(41-30-14-12-29(39-4)13-15-30)17-16-33(42-35)27-10-8-7-9-11-27/h7-17,22,33-35H,5-6,18-21,23-24H2,1-4H3. The van der Waals surface area contributed by atoms with Crippen molar-refractivity contribution in [1.82, 2.24) is 9.88 Å². The van der Waals surface area contributed by atoms with E-state index in [1.807, 2.05) is 55.5 Å². The molecule has 3 aromatic rings. The van der Waals surface area contributed by atoms with Gasteiger partial charge in [-0.2, -0.15) is 0 Å². The Balaban J connectivity index is 1.17. The molecule has 0 N–H and O–H groups in total. The van der Waals surface area contributed by atoms with Gasteiger partial charge in [0, 0.05) is 43.9 Å². The fourth-order valence-corrected chi connectivity index (χ4v) is 5.55. The zero-order valence-electron chi connectivity index (χ0n) is 25.3. The number of rotatable bonds is 12. The van der Waals surface area contributed by atoms with E-state index < -0.39 is 0 Å². The third-order valence-electron chi connectivity index (χ3n) is 8.01. The van der Waals surface area contributed by atoms with Crippen LogP contribution in [0.4, 0.5) is 0 Å². The summed E-state index contributed by atoms with van der Waals surface area (Å²) in [4.78, 5) is 13.3. The van der Waals surface area contributed by atoms with E-state index >= 15 is 0 Å². The molecule has 2 aliphatic rings. The normalized spacial score (nSPS) is 20.7. The van der Waals surface area contributed by atoms with E-state index in [1.165, 1.54) is 22.5 Å². The first kappa shape index (κ1) is 29.8. The Morgan fingerprint density at radius 1 is 1.02 bits per heavy atom. The smallest absolute Gasteiger partial charge is 0.147 e. The van der Waals surface area contributed by atoms with Crippen molar-refractivity contribution in [2.75, 3.05) is 26.8 Å². The van der Waals surface area contributed by atoms with Crippen LogP contribution in [0.2, 0.25) is 0 Å². The van der Waals surface area contributed by atoms with Crippen molar-refractivity contribution in [2.45, 2.75) is 71.3 Å². The predicted molar refractivity (Wildman–Crippen MR) is 166 cm³/mol. The Morgan fingerprint density at radius 2 is 1.81 bits per heavy atom. The summed E-state index contributed by atoms with van der Waals surface area (Å²) < 4.78 is 18.0. The summed E-state index contributed by atoms with van der Waals surface area (Å²) in [7, 11) is 1.65. The maximum absolute atomic E-state index is 6.46. The van der Waals surface area contributed by atoms with Crippen LogP contribution < -0.4 is 9.47 Å². The molecule has 0 amide bonds. The van der Waals surface area contributed by atoms with Gasteiger partial charge in [-0.05, 0) is 66.8 Å². The van der Waals surface area contributed by atoms with Crippen molar-refractivity contribution < 1.29 is 19.0 Å². The summed E-state index contributed by atoms with van der Waals surface area (Å²) in [6.45, 7) is 9.64. The number of methoxy groups -OCH3 is 1. The highest BCUT2D eigenvalue weighted by Gasteiger charge is 2.30. The molecule has 42 heavy (non-hydrogen) atoms. The monoisotopic (exact) mass is 569 g/mol. The van der Waals surface area contributed by atoms with E-state index in [0.717, 1.165) is 68.1 Å². The fraction of sp³-hybridized carbons (Fsp3) is 0.429. The van der Waals surface area contributed by atoms with Crippen molar-refractivity contribution in [1.29, 1.82) is 0 Å². The average molecular weight is 570 g/mol. The molecular formula is C35H43N3O4. The summed E-state index contributed by atoms with van der Waals surface area (Å²) in [5.74, 6) is 1.53. The lowest BCUT2D eigenvalue weighted by atomic mass is 9.99. The van der Waals surface area contributed by atoms with Crippen LogP contribution in [-0.2, 0) is 35.4 Å². The zero-order chi connectivity index (χ0) is 29.3. The van der Waals surface area contributed by atoms with E-state index in [4.69, 9.17) is 24.0 Å². The maximum Gasteiger partial charge on any atom is 0.147 e. The van der Waals surface area contributed by atoms with E-state index in [9.17, 15) is 0 Å². The van der Waals surface area contributed by atoms with Crippen LogP contribution in [0.5, 0.6) is 11.5 Å². The van der Waals surface area contributed by atoms with Gasteiger partial charge >= 0.3 is 0 Å². The average Bonchev–Trinajstić information content (AvgIpc) is 3.04. The van der Waals surface area contributed by atoms with Gasteiger partial charge in [-0.1, -0.05) is 61.5 Å². The van der Waals surface area contributed by atoms with E-state index in [1.54, 1.807) is 7.11 Å². The van der Waals surface area contributed by atoms with Gasteiger partial charge in [0.05, 0.1) is 12.8 Å². The molecule has 3 heterocycles. The highest BCUT2D eigenvalue weighted by atomic mass is 16.6. The highest BCUT2D eigenvalue weighted by Crippen LogP contribution is 2.29. The third kappa shape index (κ3) is 7.58. The molecule has 0 fully saturated rings. The lowest BCUT2D eigenvalue weighted by Gasteiger charge is -2.32. The molecule has 222 valence electrons. The molecule has 0 saturated carbocycles. The molecular weight excluding hydrogens is 526 g/mol. The Bertz CT molecular complexity index is 1360. The van der Waals surface area contributed by atoms with Crippen LogP contribution >= 0.6 is 0 Å². The van der Waals surface area contributed by atoms with Gasteiger partial charge in [-0.15, -0.1) is 0 Å². The third-order valence-corrected chi connectivity index (χ3v) is 8.01. The Kier molecular flexibility index (Phi) is 10.3. The van der Waals surface area contributed by atoms with E-state index in [2.05, 4.69) is 48.2 Å². The zero-order valence-corrected chi connectivity index (χ0v) is 25.3. The number of ether oxygens (including phenoxy) is 3. The Morgan fingerprint density at radius 3 is 2.55 bits per heavy atom. The molecule has 0 aliphatic carbocycles. The Labute approximate surface area is 250 Å². The minimum absolute atomic E-state index is 0.168. The van der Waals surface area contributed by atoms with Crippen molar-refractivity contribution in [3.8, 4) is 11.5 Å². The number of pyridine rings is 1. The molecule has 3 atom stereocenters. The molecule has 7 heteroatoms. The summed E-state index contributed by atoms with van der Waals surface area (Å²) in [6.07, 6.45) is 7.19. The lowest BCUT2D eigenvalue weighted by Crippen LogP contribution is -2.39. The molecule has 0 spiro atoms. The van der Waals surface area contributed by atoms with Crippen LogP contribution in [0.1, 0.15) is 61.4 Å².